The molecule has 0 saturated carbocycles. The molecule has 1 unspecified atom stereocenters. The van der Waals surface area contributed by atoms with Crippen molar-refractivity contribution < 1.29 is 0 Å². The molecule has 0 bridgehead atoms. The summed E-state index contributed by atoms with van der Waals surface area (Å²) in [7, 11) is 0. The first-order valence-electron chi connectivity index (χ1n) is 6.27. The summed E-state index contributed by atoms with van der Waals surface area (Å²) in [6, 6.07) is 0. The lowest BCUT2D eigenvalue weighted by molar-refractivity contribution is 0.375. The van der Waals surface area contributed by atoms with E-state index in [0.29, 0.717) is 0 Å². The summed E-state index contributed by atoms with van der Waals surface area (Å²) in [5.41, 5.74) is 0. The van der Waals surface area contributed by atoms with Crippen molar-refractivity contribution in [3.63, 3.8) is 0 Å². The molecule has 1 N–H and O–H groups in total. The molecule has 2 aromatic heterocycles. The highest BCUT2D eigenvalue weighted by molar-refractivity contribution is 7.16. The molecule has 3 heterocycles. The van der Waals surface area contributed by atoms with Crippen LogP contribution in [0.4, 0.5) is 0 Å². The number of piperidine rings is 1. The Bertz CT molecular complexity index is 497. The van der Waals surface area contributed by atoms with Gasteiger partial charge in [0.1, 0.15) is 5.01 Å². The first kappa shape index (κ1) is 11.1. The van der Waals surface area contributed by atoms with Crippen LogP contribution in [-0.4, -0.2) is 32.9 Å². The van der Waals surface area contributed by atoms with E-state index >= 15 is 0 Å². The molecule has 0 spiro atoms. The number of aryl methyl sites for hydroxylation is 1. The van der Waals surface area contributed by atoms with Crippen LogP contribution in [0.15, 0.2) is 0 Å². The van der Waals surface area contributed by atoms with E-state index in [4.69, 9.17) is 0 Å². The number of nitrogens with zero attached hydrogens (tertiary/aromatic N) is 4. The fourth-order valence-electron chi connectivity index (χ4n) is 2.35. The Morgan fingerprint density at radius 1 is 1.47 bits per heavy atom. The summed E-state index contributed by atoms with van der Waals surface area (Å²) in [4.78, 5) is 0.931. The van der Waals surface area contributed by atoms with Crippen molar-refractivity contribution in [3.05, 3.63) is 10.8 Å². The number of hydrogen-bond acceptors (Lipinski definition) is 5. The molecule has 2 aromatic rings. The maximum Gasteiger partial charge on any atom is 0.234 e. The summed E-state index contributed by atoms with van der Waals surface area (Å²) >= 11 is 1.68. The second-order valence-electron chi connectivity index (χ2n) is 4.58. The monoisotopic (exact) mass is 251 g/mol. The third kappa shape index (κ3) is 2.19. The van der Waals surface area contributed by atoms with Crippen molar-refractivity contribution >= 4 is 16.3 Å². The molecule has 92 valence electrons. The van der Waals surface area contributed by atoms with Crippen LogP contribution in [-0.2, 0) is 12.8 Å². The Morgan fingerprint density at radius 2 is 2.41 bits per heavy atom. The highest BCUT2D eigenvalue weighted by Crippen LogP contribution is 2.20. The molecule has 1 aliphatic heterocycles. The van der Waals surface area contributed by atoms with Crippen LogP contribution < -0.4 is 5.32 Å². The third-order valence-corrected chi connectivity index (χ3v) is 4.20. The SMILES string of the molecule is CCc1nnc2sc(CC3CCCNC3)nn12. The summed E-state index contributed by atoms with van der Waals surface area (Å²) in [5, 5.41) is 17.5. The zero-order valence-electron chi connectivity index (χ0n) is 10.0. The highest BCUT2D eigenvalue weighted by atomic mass is 32.1. The van der Waals surface area contributed by atoms with Crippen molar-refractivity contribution in [2.45, 2.75) is 32.6 Å². The fraction of sp³-hybridized carbons (Fsp3) is 0.727. The summed E-state index contributed by atoms with van der Waals surface area (Å²) in [6.07, 6.45) is 4.56. The van der Waals surface area contributed by atoms with Crippen molar-refractivity contribution in [2.24, 2.45) is 5.92 Å². The van der Waals surface area contributed by atoms with E-state index in [1.54, 1.807) is 11.3 Å². The standard InChI is InChI=1S/C11H17N5S/c1-2-9-13-14-11-16(9)15-10(17-11)6-8-4-3-5-12-7-8/h8,12H,2-7H2,1H3. The number of aromatic nitrogens is 4. The molecule has 3 rings (SSSR count). The van der Waals surface area contributed by atoms with Gasteiger partial charge >= 0.3 is 0 Å². The molecule has 17 heavy (non-hydrogen) atoms. The van der Waals surface area contributed by atoms with Crippen LogP contribution in [0.25, 0.3) is 4.96 Å². The van der Waals surface area contributed by atoms with Gasteiger partial charge in [0.2, 0.25) is 4.96 Å². The first-order valence-corrected chi connectivity index (χ1v) is 7.09. The van der Waals surface area contributed by atoms with Crippen molar-refractivity contribution in [2.75, 3.05) is 13.1 Å². The van der Waals surface area contributed by atoms with Gasteiger partial charge in [0, 0.05) is 12.8 Å². The average molecular weight is 251 g/mol. The number of fused-ring (bicyclic) bond motifs is 1. The van der Waals surface area contributed by atoms with Gasteiger partial charge in [-0.3, -0.25) is 0 Å². The van der Waals surface area contributed by atoms with Crippen LogP contribution in [0.5, 0.6) is 0 Å². The van der Waals surface area contributed by atoms with Crippen LogP contribution >= 0.6 is 11.3 Å². The molecular weight excluding hydrogens is 234 g/mol. The largest absolute Gasteiger partial charge is 0.316 e. The molecule has 0 amide bonds. The molecule has 0 aromatic carbocycles. The highest BCUT2D eigenvalue weighted by Gasteiger charge is 2.17. The summed E-state index contributed by atoms with van der Waals surface area (Å²) in [5.74, 6) is 1.70. The molecule has 1 atom stereocenters. The summed E-state index contributed by atoms with van der Waals surface area (Å²) < 4.78 is 1.90. The number of nitrogens with one attached hydrogen (secondary N) is 1. The lowest BCUT2D eigenvalue weighted by atomic mass is 9.97. The zero-order valence-corrected chi connectivity index (χ0v) is 10.8. The smallest absolute Gasteiger partial charge is 0.234 e. The Hall–Kier alpha value is -1.01. The van der Waals surface area contributed by atoms with Crippen LogP contribution in [0.1, 0.15) is 30.6 Å². The third-order valence-electron chi connectivity index (χ3n) is 3.28. The fourth-order valence-corrected chi connectivity index (χ4v) is 3.31. The quantitative estimate of drug-likeness (QED) is 0.893. The van der Waals surface area contributed by atoms with Crippen LogP contribution in [0.3, 0.4) is 0 Å². The minimum Gasteiger partial charge on any atom is -0.316 e. The van der Waals surface area contributed by atoms with Crippen molar-refractivity contribution in [1.29, 1.82) is 0 Å². The van der Waals surface area contributed by atoms with Crippen molar-refractivity contribution in [3.8, 4) is 0 Å². The second kappa shape index (κ2) is 4.70. The Balaban J connectivity index is 1.78. The lowest BCUT2D eigenvalue weighted by Gasteiger charge is -2.21. The van der Waals surface area contributed by atoms with E-state index < -0.39 is 0 Å². The molecule has 0 radical (unpaired) electrons. The molecule has 0 aliphatic carbocycles. The predicted octanol–water partition coefficient (Wildman–Crippen LogP) is 1.29. The number of hydrogen-bond donors (Lipinski definition) is 1. The average Bonchev–Trinajstić information content (AvgIpc) is 2.89. The Morgan fingerprint density at radius 3 is 3.18 bits per heavy atom. The van der Waals surface area contributed by atoms with E-state index in [2.05, 4.69) is 27.5 Å². The first-order chi connectivity index (χ1) is 8.36. The Labute approximate surface area is 104 Å². The van der Waals surface area contributed by atoms with Gasteiger partial charge < -0.3 is 5.32 Å². The number of rotatable bonds is 3. The lowest BCUT2D eigenvalue weighted by Crippen LogP contribution is -2.30. The van der Waals surface area contributed by atoms with Gasteiger partial charge in [-0.1, -0.05) is 18.3 Å². The summed E-state index contributed by atoms with van der Waals surface area (Å²) in [6.45, 7) is 4.38. The predicted molar refractivity (Wildman–Crippen MR) is 67.3 cm³/mol. The topological polar surface area (TPSA) is 55.1 Å². The normalized spacial score (nSPS) is 21.1. The van der Waals surface area contributed by atoms with Gasteiger partial charge in [-0.25, -0.2) is 0 Å². The van der Waals surface area contributed by atoms with Gasteiger partial charge in [-0.2, -0.15) is 9.61 Å². The maximum atomic E-state index is 4.62. The van der Waals surface area contributed by atoms with Gasteiger partial charge in [0.05, 0.1) is 0 Å². The molecule has 5 nitrogen and oxygen atoms in total. The van der Waals surface area contributed by atoms with Gasteiger partial charge in [0.25, 0.3) is 0 Å². The van der Waals surface area contributed by atoms with E-state index in [0.717, 1.165) is 36.1 Å². The van der Waals surface area contributed by atoms with Crippen LogP contribution in [0, 0.1) is 5.92 Å². The maximum absolute atomic E-state index is 4.62. The van der Waals surface area contributed by atoms with Gasteiger partial charge in [-0.15, -0.1) is 10.2 Å². The minimum atomic E-state index is 0.734. The van der Waals surface area contributed by atoms with E-state index in [1.807, 2.05) is 4.52 Å². The van der Waals surface area contributed by atoms with Crippen molar-refractivity contribution in [1.82, 2.24) is 25.1 Å². The zero-order chi connectivity index (χ0) is 11.7. The molecular formula is C11H17N5S. The molecule has 1 saturated heterocycles. The van der Waals surface area contributed by atoms with Gasteiger partial charge in [-0.05, 0) is 31.8 Å². The van der Waals surface area contributed by atoms with E-state index in [9.17, 15) is 0 Å². The second-order valence-corrected chi connectivity index (χ2v) is 5.62. The molecule has 1 aliphatic rings. The van der Waals surface area contributed by atoms with E-state index in [1.165, 1.54) is 24.4 Å². The van der Waals surface area contributed by atoms with Gasteiger partial charge in [0.15, 0.2) is 5.82 Å². The molecule has 6 heteroatoms. The van der Waals surface area contributed by atoms with E-state index in [-0.39, 0.29) is 0 Å². The van der Waals surface area contributed by atoms with Crippen LogP contribution in [0.2, 0.25) is 0 Å². The minimum absolute atomic E-state index is 0.734. The Kier molecular flexibility index (Phi) is 3.07. The molecule has 1 fully saturated rings.